The van der Waals surface area contributed by atoms with Crippen LogP contribution in [0.25, 0.3) is 11.1 Å². The first-order valence-corrected chi connectivity index (χ1v) is 10.3. The number of benzene rings is 3. The Labute approximate surface area is 183 Å². The van der Waals surface area contributed by atoms with Crippen molar-refractivity contribution in [3.8, 4) is 11.1 Å². The van der Waals surface area contributed by atoms with Gasteiger partial charge in [-0.25, -0.2) is 9.59 Å². The van der Waals surface area contributed by atoms with E-state index in [1.165, 1.54) is 7.05 Å². The van der Waals surface area contributed by atoms with Crippen molar-refractivity contribution >= 4 is 28.0 Å². The molecule has 3 aromatic carbocycles. The molecule has 1 aliphatic carbocycles. The third-order valence-corrected chi connectivity index (χ3v) is 5.96. The summed E-state index contributed by atoms with van der Waals surface area (Å²) >= 11 is 3.33. The first-order valence-electron chi connectivity index (χ1n) is 9.53. The quantitative estimate of drug-likeness (QED) is 0.543. The number of hydrogen-bond acceptors (Lipinski definition) is 3. The highest BCUT2D eigenvalue weighted by atomic mass is 79.9. The smallest absolute Gasteiger partial charge is 0.410 e. The molecule has 6 heteroatoms. The standard InChI is InChI=1S/C24H20BrNO4/c1-26(22(23(27)28)15-10-12-16(25)13-11-15)24(29)30-14-21-19-8-4-2-6-17(19)18-7-3-5-9-20(18)21/h2-13,21-22H,14H2,1H3,(H,27,28). The zero-order chi connectivity index (χ0) is 21.3. The summed E-state index contributed by atoms with van der Waals surface area (Å²) in [4.78, 5) is 25.7. The minimum Gasteiger partial charge on any atom is -0.479 e. The highest BCUT2D eigenvalue weighted by Gasteiger charge is 2.32. The van der Waals surface area contributed by atoms with Crippen LogP contribution < -0.4 is 0 Å². The lowest BCUT2D eigenvalue weighted by atomic mass is 9.98. The second kappa shape index (κ2) is 8.32. The topological polar surface area (TPSA) is 66.8 Å². The Kier molecular flexibility index (Phi) is 5.59. The Hall–Kier alpha value is -3.12. The van der Waals surface area contributed by atoms with Gasteiger partial charge in [-0.1, -0.05) is 76.6 Å². The maximum Gasteiger partial charge on any atom is 0.410 e. The van der Waals surface area contributed by atoms with Gasteiger partial charge in [0, 0.05) is 17.4 Å². The summed E-state index contributed by atoms with van der Waals surface area (Å²) in [5.74, 6) is -1.20. The molecule has 4 rings (SSSR count). The number of fused-ring (bicyclic) bond motifs is 3. The molecule has 5 nitrogen and oxygen atoms in total. The number of carbonyl (C=O) groups is 2. The maximum atomic E-state index is 12.7. The highest BCUT2D eigenvalue weighted by Crippen LogP contribution is 2.44. The van der Waals surface area contributed by atoms with E-state index in [-0.39, 0.29) is 12.5 Å². The van der Waals surface area contributed by atoms with Gasteiger partial charge in [-0.15, -0.1) is 0 Å². The first-order chi connectivity index (χ1) is 14.5. The summed E-state index contributed by atoms with van der Waals surface area (Å²) in [6.45, 7) is 0.143. The van der Waals surface area contributed by atoms with Crippen molar-refractivity contribution in [3.63, 3.8) is 0 Å². The summed E-state index contributed by atoms with van der Waals surface area (Å²) in [5, 5.41) is 9.69. The van der Waals surface area contributed by atoms with Crippen LogP contribution in [0, 0.1) is 0 Å². The molecule has 1 aliphatic rings. The Morgan fingerprint density at radius 3 is 2.03 bits per heavy atom. The van der Waals surface area contributed by atoms with Crippen LogP contribution in [0.3, 0.4) is 0 Å². The van der Waals surface area contributed by atoms with Gasteiger partial charge in [-0.2, -0.15) is 0 Å². The van der Waals surface area contributed by atoms with E-state index in [4.69, 9.17) is 4.74 Å². The molecule has 0 heterocycles. The summed E-state index contributed by atoms with van der Waals surface area (Å²) in [6, 6.07) is 21.9. The van der Waals surface area contributed by atoms with Crippen molar-refractivity contribution in [2.75, 3.05) is 13.7 Å². The van der Waals surface area contributed by atoms with Crippen LogP contribution in [0.5, 0.6) is 0 Å². The maximum absolute atomic E-state index is 12.7. The molecule has 1 atom stereocenters. The van der Waals surface area contributed by atoms with Gasteiger partial charge in [0.15, 0.2) is 6.04 Å². The molecule has 0 spiro atoms. The number of amides is 1. The Morgan fingerprint density at radius 1 is 0.967 bits per heavy atom. The van der Waals surface area contributed by atoms with Crippen molar-refractivity contribution in [1.29, 1.82) is 0 Å². The molecule has 1 amide bonds. The van der Waals surface area contributed by atoms with Crippen LogP contribution in [0.2, 0.25) is 0 Å². The van der Waals surface area contributed by atoms with Gasteiger partial charge in [0.1, 0.15) is 6.61 Å². The summed E-state index contributed by atoms with van der Waals surface area (Å²) in [6.07, 6.45) is -0.674. The Bertz CT molecular complexity index is 1050. The molecule has 3 aromatic rings. The number of carbonyl (C=O) groups excluding carboxylic acids is 1. The predicted octanol–water partition coefficient (Wildman–Crippen LogP) is 5.46. The molecule has 152 valence electrons. The van der Waals surface area contributed by atoms with E-state index in [1.807, 2.05) is 36.4 Å². The number of rotatable bonds is 5. The predicted molar refractivity (Wildman–Crippen MR) is 117 cm³/mol. The molecule has 0 radical (unpaired) electrons. The molecule has 0 saturated carbocycles. The summed E-state index contributed by atoms with van der Waals surface area (Å²) < 4.78 is 6.42. The first kappa shape index (κ1) is 20.2. The average molecular weight is 466 g/mol. The monoisotopic (exact) mass is 465 g/mol. The third kappa shape index (κ3) is 3.71. The van der Waals surface area contributed by atoms with E-state index in [0.717, 1.165) is 31.6 Å². The Morgan fingerprint density at radius 2 is 1.50 bits per heavy atom. The van der Waals surface area contributed by atoms with E-state index in [2.05, 4.69) is 28.1 Å². The normalized spacial score (nSPS) is 13.3. The van der Waals surface area contributed by atoms with Gasteiger partial charge in [-0.3, -0.25) is 4.90 Å². The van der Waals surface area contributed by atoms with Gasteiger partial charge in [0.05, 0.1) is 0 Å². The third-order valence-electron chi connectivity index (χ3n) is 5.43. The van der Waals surface area contributed by atoms with Gasteiger partial charge < -0.3 is 9.84 Å². The van der Waals surface area contributed by atoms with Crippen LogP contribution in [0.1, 0.15) is 28.7 Å². The van der Waals surface area contributed by atoms with Crippen molar-refractivity contribution in [1.82, 2.24) is 4.90 Å². The molecule has 0 aromatic heterocycles. The van der Waals surface area contributed by atoms with E-state index < -0.39 is 18.1 Å². The lowest BCUT2D eigenvalue weighted by molar-refractivity contribution is -0.142. The van der Waals surface area contributed by atoms with E-state index in [0.29, 0.717) is 5.56 Å². The van der Waals surface area contributed by atoms with Crippen LogP contribution in [-0.2, 0) is 9.53 Å². The zero-order valence-corrected chi connectivity index (χ0v) is 17.9. The van der Waals surface area contributed by atoms with Crippen LogP contribution >= 0.6 is 15.9 Å². The number of nitrogens with zero attached hydrogens (tertiary/aromatic N) is 1. The molecule has 30 heavy (non-hydrogen) atoms. The van der Waals surface area contributed by atoms with E-state index >= 15 is 0 Å². The molecular weight excluding hydrogens is 446 g/mol. The number of ether oxygens (including phenoxy) is 1. The fourth-order valence-corrected chi connectivity index (χ4v) is 4.24. The van der Waals surface area contributed by atoms with Crippen molar-refractivity contribution in [2.45, 2.75) is 12.0 Å². The fraction of sp³-hybridized carbons (Fsp3) is 0.167. The number of likely N-dealkylation sites (N-methyl/N-ethyl adjacent to an activating group) is 1. The van der Waals surface area contributed by atoms with Gasteiger partial charge >= 0.3 is 12.1 Å². The second-order valence-electron chi connectivity index (χ2n) is 7.21. The lowest BCUT2D eigenvalue weighted by Crippen LogP contribution is -2.36. The number of hydrogen-bond donors (Lipinski definition) is 1. The molecule has 1 unspecified atom stereocenters. The van der Waals surface area contributed by atoms with Gasteiger partial charge in [-0.05, 0) is 39.9 Å². The largest absolute Gasteiger partial charge is 0.479 e. The van der Waals surface area contributed by atoms with Crippen molar-refractivity contribution in [3.05, 3.63) is 94.0 Å². The number of halogens is 1. The number of carboxylic acid groups (broad SMARTS) is 1. The molecule has 1 N–H and O–H groups in total. The number of aliphatic carboxylic acids is 1. The van der Waals surface area contributed by atoms with Crippen LogP contribution in [0.4, 0.5) is 4.79 Å². The van der Waals surface area contributed by atoms with Crippen LogP contribution in [-0.4, -0.2) is 35.7 Å². The minimum absolute atomic E-state index is 0.0780. The summed E-state index contributed by atoms with van der Waals surface area (Å²) in [5.41, 5.74) is 5.00. The highest BCUT2D eigenvalue weighted by molar-refractivity contribution is 9.10. The average Bonchev–Trinajstić information content (AvgIpc) is 3.07. The molecule has 0 aliphatic heterocycles. The fourth-order valence-electron chi connectivity index (χ4n) is 3.98. The molecule has 0 bridgehead atoms. The van der Waals surface area contributed by atoms with Crippen molar-refractivity contribution < 1.29 is 19.4 Å². The van der Waals surface area contributed by atoms with Gasteiger partial charge in [0.25, 0.3) is 0 Å². The molecule has 0 saturated heterocycles. The zero-order valence-electron chi connectivity index (χ0n) is 16.3. The SMILES string of the molecule is CN(C(=O)OCC1c2ccccc2-c2ccccc21)C(C(=O)O)c1ccc(Br)cc1. The van der Waals surface area contributed by atoms with Crippen LogP contribution in [0.15, 0.2) is 77.3 Å². The van der Waals surface area contributed by atoms with Gasteiger partial charge in [0.2, 0.25) is 0 Å². The van der Waals surface area contributed by atoms with Crippen molar-refractivity contribution in [2.24, 2.45) is 0 Å². The van der Waals surface area contributed by atoms with E-state index in [1.54, 1.807) is 24.3 Å². The van der Waals surface area contributed by atoms with E-state index in [9.17, 15) is 14.7 Å². The Balaban J connectivity index is 1.53. The number of carboxylic acids is 1. The molecule has 0 fully saturated rings. The lowest BCUT2D eigenvalue weighted by Gasteiger charge is -2.25. The summed E-state index contributed by atoms with van der Waals surface area (Å²) in [7, 11) is 1.44. The second-order valence-corrected chi connectivity index (χ2v) is 8.12. The minimum atomic E-state index is -1.13. The molecular formula is C24H20BrNO4.